The number of rotatable bonds is 6. The second-order valence-electron chi connectivity index (χ2n) is 8.32. The summed E-state index contributed by atoms with van der Waals surface area (Å²) in [5.41, 5.74) is 1.61. The Balaban J connectivity index is 0.00000256. The molecule has 1 aromatic carbocycles. The third kappa shape index (κ3) is 4.90. The van der Waals surface area contributed by atoms with Crippen molar-refractivity contribution in [3.8, 4) is 5.75 Å². The molecule has 2 aliphatic rings. The second-order valence-corrected chi connectivity index (χ2v) is 8.32. The van der Waals surface area contributed by atoms with Crippen molar-refractivity contribution in [3.63, 3.8) is 0 Å². The molecule has 2 N–H and O–H groups in total. The molecule has 2 aromatic rings. The van der Waals surface area contributed by atoms with Crippen LogP contribution in [0.2, 0.25) is 0 Å². The number of aromatic nitrogens is 3. The van der Waals surface area contributed by atoms with Gasteiger partial charge in [-0.2, -0.15) is 0 Å². The van der Waals surface area contributed by atoms with Crippen LogP contribution in [0.15, 0.2) is 29.3 Å². The number of benzene rings is 1. The lowest BCUT2D eigenvalue weighted by atomic mass is 9.67. The first-order chi connectivity index (χ1) is 14.1. The maximum absolute atomic E-state index is 5.82. The van der Waals surface area contributed by atoms with E-state index in [-0.39, 0.29) is 30.0 Å². The van der Waals surface area contributed by atoms with Crippen LogP contribution >= 0.6 is 24.0 Å². The van der Waals surface area contributed by atoms with Crippen molar-refractivity contribution in [2.24, 2.45) is 17.5 Å². The number of fused-ring (bicyclic) bond motifs is 1. The highest BCUT2D eigenvalue weighted by molar-refractivity contribution is 14.0. The van der Waals surface area contributed by atoms with Gasteiger partial charge in [-0.15, -0.1) is 34.2 Å². The van der Waals surface area contributed by atoms with Crippen molar-refractivity contribution >= 4 is 29.9 Å². The number of hydrogen-bond acceptors (Lipinski definition) is 4. The minimum atomic E-state index is 0. The minimum Gasteiger partial charge on any atom is -0.493 e. The summed E-state index contributed by atoms with van der Waals surface area (Å²) in [4.78, 5) is 4.86. The first-order valence-electron chi connectivity index (χ1n) is 10.7. The summed E-state index contributed by atoms with van der Waals surface area (Å²) in [5.74, 6) is 3.57. The Bertz CT molecular complexity index is 871. The van der Waals surface area contributed by atoms with E-state index in [1.165, 1.54) is 31.2 Å². The molecule has 1 atom stereocenters. The zero-order valence-electron chi connectivity index (χ0n) is 18.1. The molecule has 1 aliphatic heterocycles. The van der Waals surface area contributed by atoms with Gasteiger partial charge in [0.15, 0.2) is 11.8 Å². The van der Waals surface area contributed by atoms with Gasteiger partial charge in [0.1, 0.15) is 18.1 Å². The molecular formula is C22H33IN6O. The molecule has 1 aliphatic carbocycles. The molecule has 30 heavy (non-hydrogen) atoms. The number of guanidine groups is 1. The van der Waals surface area contributed by atoms with Crippen LogP contribution < -0.4 is 15.4 Å². The van der Waals surface area contributed by atoms with E-state index in [0.29, 0.717) is 18.6 Å². The highest BCUT2D eigenvalue weighted by Gasteiger charge is 2.35. The van der Waals surface area contributed by atoms with Crippen molar-refractivity contribution in [3.05, 3.63) is 41.5 Å². The van der Waals surface area contributed by atoms with E-state index >= 15 is 0 Å². The largest absolute Gasteiger partial charge is 0.493 e. The molecule has 0 spiro atoms. The van der Waals surface area contributed by atoms with Gasteiger partial charge in [0, 0.05) is 25.6 Å². The first kappa shape index (κ1) is 22.8. The van der Waals surface area contributed by atoms with Crippen LogP contribution in [0, 0.1) is 12.3 Å². The molecule has 0 saturated heterocycles. The van der Waals surface area contributed by atoms with Gasteiger partial charge in [0.05, 0.1) is 12.6 Å². The molecule has 0 amide bonds. The fourth-order valence-electron chi connectivity index (χ4n) is 4.15. The van der Waals surface area contributed by atoms with Crippen molar-refractivity contribution in [2.45, 2.75) is 58.5 Å². The van der Waals surface area contributed by atoms with E-state index in [1.807, 2.05) is 30.7 Å². The topological polar surface area (TPSA) is 76.4 Å². The summed E-state index contributed by atoms with van der Waals surface area (Å²) in [7, 11) is 1.98. The van der Waals surface area contributed by atoms with E-state index in [1.54, 1.807) is 0 Å². The molecule has 1 fully saturated rings. The summed E-state index contributed by atoms with van der Waals surface area (Å²) in [5, 5.41) is 15.7. The van der Waals surface area contributed by atoms with Gasteiger partial charge in [-0.1, -0.05) is 31.5 Å². The van der Waals surface area contributed by atoms with E-state index < -0.39 is 0 Å². The Hall–Kier alpha value is -1.84. The van der Waals surface area contributed by atoms with Gasteiger partial charge >= 0.3 is 0 Å². The molecule has 1 unspecified atom stereocenters. The summed E-state index contributed by atoms with van der Waals surface area (Å²) in [6.07, 6.45) is 6.05. The Labute approximate surface area is 196 Å². The number of halogens is 1. The molecule has 2 heterocycles. The Morgan fingerprint density at radius 2 is 2.10 bits per heavy atom. The molecule has 164 valence electrons. The zero-order valence-corrected chi connectivity index (χ0v) is 20.5. The first-order valence-corrected chi connectivity index (χ1v) is 10.7. The van der Waals surface area contributed by atoms with Crippen LogP contribution in [-0.4, -0.2) is 33.9 Å². The van der Waals surface area contributed by atoms with Crippen LogP contribution in [0.3, 0.4) is 0 Å². The van der Waals surface area contributed by atoms with Crippen LogP contribution in [-0.2, 0) is 13.6 Å². The standard InChI is InChI=1S/C22H32N6O.HI/c1-4-22(11-7-12-22)15-24-21(23-14-20-27-26-16(2)28(20)3)25-18-10-13-29-19-9-6-5-8-17(18)19;/h5-6,8-9,18H,4,7,10-15H2,1-3H3,(H2,23,24,25);1H. The number of nitrogens with zero attached hydrogens (tertiary/aromatic N) is 4. The van der Waals surface area contributed by atoms with Crippen LogP contribution in [0.5, 0.6) is 5.75 Å². The lowest BCUT2D eigenvalue weighted by molar-refractivity contribution is 0.131. The molecule has 0 radical (unpaired) electrons. The molecule has 4 rings (SSSR count). The van der Waals surface area contributed by atoms with Crippen LogP contribution in [0.1, 0.15) is 62.3 Å². The average Bonchev–Trinajstić information content (AvgIpc) is 3.03. The monoisotopic (exact) mass is 524 g/mol. The van der Waals surface area contributed by atoms with Gasteiger partial charge in [-0.05, 0) is 37.7 Å². The summed E-state index contributed by atoms with van der Waals surface area (Å²) >= 11 is 0. The SMILES string of the molecule is CCC1(CNC(=NCc2nnc(C)n2C)NC2CCOc3ccccc32)CCC1.I. The maximum atomic E-state index is 5.82. The smallest absolute Gasteiger partial charge is 0.192 e. The number of hydrogen-bond donors (Lipinski definition) is 2. The minimum absolute atomic E-state index is 0. The number of para-hydroxylation sites is 1. The van der Waals surface area contributed by atoms with Crippen molar-refractivity contribution < 1.29 is 4.74 Å². The quantitative estimate of drug-likeness (QED) is 0.341. The number of aryl methyl sites for hydroxylation is 1. The Kier molecular flexibility index (Phi) is 7.60. The van der Waals surface area contributed by atoms with Gasteiger partial charge in [0.2, 0.25) is 0 Å². The highest BCUT2D eigenvalue weighted by atomic mass is 127. The van der Waals surface area contributed by atoms with E-state index in [2.05, 4.69) is 39.9 Å². The Morgan fingerprint density at radius 1 is 1.30 bits per heavy atom. The Morgan fingerprint density at radius 3 is 2.77 bits per heavy atom. The van der Waals surface area contributed by atoms with Gasteiger partial charge in [-0.3, -0.25) is 0 Å². The fraction of sp³-hybridized carbons (Fsp3) is 0.591. The lowest BCUT2D eigenvalue weighted by Crippen LogP contribution is -2.47. The molecule has 8 heteroatoms. The van der Waals surface area contributed by atoms with Crippen molar-refractivity contribution in [1.82, 2.24) is 25.4 Å². The maximum Gasteiger partial charge on any atom is 0.192 e. The van der Waals surface area contributed by atoms with Crippen molar-refractivity contribution in [2.75, 3.05) is 13.2 Å². The predicted octanol–water partition coefficient (Wildman–Crippen LogP) is 3.88. The molecule has 7 nitrogen and oxygen atoms in total. The second kappa shape index (κ2) is 9.98. The number of aliphatic imine (C=N–C) groups is 1. The summed E-state index contributed by atoms with van der Waals surface area (Å²) in [6.45, 7) is 6.42. The van der Waals surface area contributed by atoms with Crippen LogP contribution in [0.4, 0.5) is 0 Å². The fourth-order valence-corrected chi connectivity index (χ4v) is 4.15. The van der Waals surface area contributed by atoms with Gasteiger partial charge in [0.25, 0.3) is 0 Å². The molecular weight excluding hydrogens is 491 g/mol. The molecule has 0 bridgehead atoms. The average molecular weight is 524 g/mol. The lowest BCUT2D eigenvalue weighted by Gasteiger charge is -2.42. The highest BCUT2D eigenvalue weighted by Crippen LogP contribution is 2.43. The van der Waals surface area contributed by atoms with Crippen molar-refractivity contribution in [1.29, 1.82) is 0 Å². The zero-order chi connectivity index (χ0) is 20.3. The third-order valence-electron chi connectivity index (χ3n) is 6.63. The predicted molar refractivity (Wildman–Crippen MR) is 129 cm³/mol. The van der Waals surface area contributed by atoms with Gasteiger partial charge in [-0.25, -0.2) is 4.99 Å². The number of nitrogens with one attached hydrogen (secondary N) is 2. The number of ether oxygens (including phenoxy) is 1. The molecule has 1 saturated carbocycles. The van der Waals surface area contributed by atoms with E-state index in [9.17, 15) is 0 Å². The summed E-state index contributed by atoms with van der Waals surface area (Å²) in [6, 6.07) is 8.44. The normalized spacial score (nSPS) is 19.7. The van der Waals surface area contributed by atoms with Crippen LogP contribution in [0.25, 0.3) is 0 Å². The van der Waals surface area contributed by atoms with E-state index in [0.717, 1.165) is 36.3 Å². The summed E-state index contributed by atoms with van der Waals surface area (Å²) < 4.78 is 7.81. The van der Waals surface area contributed by atoms with E-state index in [4.69, 9.17) is 9.73 Å². The third-order valence-corrected chi connectivity index (χ3v) is 6.63. The van der Waals surface area contributed by atoms with Gasteiger partial charge < -0.3 is 19.9 Å². The molecule has 1 aromatic heterocycles.